The molecule has 0 saturated heterocycles. The number of nitrogens with one attached hydrogen (secondary N) is 1. The Labute approximate surface area is 217 Å². The van der Waals surface area contributed by atoms with Crippen LogP contribution in [-0.2, 0) is 28.0 Å². The number of methoxy groups -OCH3 is 2. The number of carbonyl (C=O) groups is 1. The zero-order valence-corrected chi connectivity index (χ0v) is 22.1. The van der Waals surface area contributed by atoms with Crippen LogP contribution in [0.2, 0.25) is 0 Å². The summed E-state index contributed by atoms with van der Waals surface area (Å²) in [6.45, 7) is 0.492. The predicted molar refractivity (Wildman–Crippen MR) is 141 cm³/mol. The average Bonchev–Trinajstić information content (AvgIpc) is 2.91. The normalized spacial score (nSPS) is 15.2. The lowest BCUT2D eigenvalue weighted by Gasteiger charge is -2.38. The van der Waals surface area contributed by atoms with Crippen LogP contribution >= 0.6 is 0 Å². The molecule has 4 rings (SSSR count). The van der Waals surface area contributed by atoms with E-state index in [9.17, 15) is 13.2 Å². The number of nitrogens with zero attached hydrogens (tertiary/aromatic N) is 2. The van der Waals surface area contributed by atoms with E-state index >= 15 is 0 Å². The smallest absolute Gasteiger partial charge is 0.410 e. The second-order valence-corrected chi connectivity index (χ2v) is 10.7. The predicted octanol–water partition coefficient (Wildman–Crippen LogP) is 4.21. The fraction of sp³-hybridized carbons (Fsp3) is 0.296. The number of ether oxygens (including phenoxy) is 3. The number of amides is 1. The molecule has 0 spiro atoms. The van der Waals surface area contributed by atoms with Crippen molar-refractivity contribution in [2.24, 2.45) is 0 Å². The Morgan fingerprint density at radius 2 is 1.62 bits per heavy atom. The van der Waals surface area contributed by atoms with E-state index in [-0.39, 0.29) is 6.61 Å². The number of rotatable bonds is 8. The fourth-order valence-electron chi connectivity index (χ4n) is 4.34. The summed E-state index contributed by atoms with van der Waals surface area (Å²) in [7, 11) is 2.23. The molecule has 1 aliphatic heterocycles. The van der Waals surface area contributed by atoms with Crippen molar-refractivity contribution < 1.29 is 27.4 Å². The van der Waals surface area contributed by atoms with Gasteiger partial charge in [0.25, 0.3) is 0 Å². The Morgan fingerprint density at radius 1 is 0.973 bits per heavy atom. The van der Waals surface area contributed by atoms with Crippen molar-refractivity contribution in [2.75, 3.05) is 39.6 Å². The highest BCUT2D eigenvalue weighted by molar-refractivity contribution is 7.90. The molecule has 0 radical (unpaired) electrons. The first-order valence-corrected chi connectivity index (χ1v) is 13.2. The summed E-state index contributed by atoms with van der Waals surface area (Å²) in [6.07, 6.45) is 0.0673. The Balaban J connectivity index is 1.79. The number of benzene rings is 3. The number of fused-ring (bicyclic) bond motifs is 1. The molecule has 3 aromatic carbocycles. The average molecular weight is 526 g/mol. The van der Waals surface area contributed by atoms with Crippen molar-refractivity contribution >= 4 is 22.0 Å². The van der Waals surface area contributed by atoms with Crippen LogP contribution in [-0.4, -0.2) is 58.6 Å². The molecule has 0 saturated carbocycles. The van der Waals surface area contributed by atoms with Gasteiger partial charge in [-0.15, -0.1) is 0 Å². The lowest BCUT2D eigenvalue weighted by molar-refractivity contribution is 0.0837. The Bertz CT molecular complexity index is 1360. The molecule has 1 amide bonds. The third-order valence-corrected chi connectivity index (χ3v) is 7.73. The van der Waals surface area contributed by atoms with E-state index < -0.39 is 22.3 Å². The van der Waals surface area contributed by atoms with Gasteiger partial charge in [-0.1, -0.05) is 48.5 Å². The number of carbonyl (C=O) groups excluding carboxylic acids is 1. The molecule has 37 heavy (non-hydrogen) atoms. The third-order valence-electron chi connectivity index (χ3n) is 6.29. The third kappa shape index (κ3) is 5.65. The van der Waals surface area contributed by atoms with Crippen molar-refractivity contribution in [1.29, 1.82) is 0 Å². The van der Waals surface area contributed by atoms with E-state index in [1.54, 1.807) is 31.3 Å². The van der Waals surface area contributed by atoms with Crippen LogP contribution < -0.4 is 14.2 Å². The molecule has 9 nitrogen and oxygen atoms in total. The van der Waals surface area contributed by atoms with Gasteiger partial charge < -0.3 is 14.2 Å². The summed E-state index contributed by atoms with van der Waals surface area (Å²) in [4.78, 5) is 15.1. The molecule has 1 aliphatic rings. The Kier molecular flexibility index (Phi) is 7.89. The van der Waals surface area contributed by atoms with Gasteiger partial charge >= 0.3 is 16.3 Å². The molecule has 0 aromatic heterocycles. The molecule has 10 heteroatoms. The number of hydrogen-bond donors (Lipinski definition) is 1. The largest absolute Gasteiger partial charge is 0.493 e. The minimum Gasteiger partial charge on any atom is -0.493 e. The molecule has 0 aliphatic carbocycles. The van der Waals surface area contributed by atoms with Crippen LogP contribution in [0.3, 0.4) is 0 Å². The topological polar surface area (TPSA) is 97.4 Å². The van der Waals surface area contributed by atoms with Gasteiger partial charge in [0.15, 0.2) is 11.5 Å². The van der Waals surface area contributed by atoms with Gasteiger partial charge in [0, 0.05) is 26.2 Å². The summed E-state index contributed by atoms with van der Waals surface area (Å²) in [5.41, 5.74) is 3.62. The maximum atomic E-state index is 13.4. The minimum absolute atomic E-state index is 0.122. The highest BCUT2D eigenvalue weighted by Crippen LogP contribution is 2.43. The van der Waals surface area contributed by atoms with Crippen molar-refractivity contribution in [2.45, 2.75) is 19.1 Å². The lowest BCUT2D eigenvalue weighted by Crippen LogP contribution is -2.41. The van der Waals surface area contributed by atoms with Gasteiger partial charge in [-0.3, -0.25) is 9.62 Å². The van der Waals surface area contributed by atoms with Crippen LogP contribution in [0.4, 0.5) is 10.5 Å². The minimum atomic E-state index is -3.79. The molecular formula is C27H31N3O6S. The fourth-order valence-corrected chi connectivity index (χ4v) is 4.99. The zero-order valence-electron chi connectivity index (χ0n) is 21.3. The SMILES string of the molecule is COc1cc2c(cc1OC)[C@@H](c1ccccc1NS(=O)(=O)N(C)C)N(C(=O)OCc1ccccc1)CC2. The van der Waals surface area contributed by atoms with Crippen LogP contribution in [0.1, 0.15) is 28.3 Å². The van der Waals surface area contributed by atoms with Crippen molar-refractivity contribution in [3.8, 4) is 11.5 Å². The summed E-state index contributed by atoms with van der Waals surface area (Å²) in [5.74, 6) is 1.10. The van der Waals surface area contributed by atoms with Gasteiger partial charge in [0.05, 0.1) is 25.9 Å². The molecule has 1 atom stereocenters. The lowest BCUT2D eigenvalue weighted by atomic mass is 9.87. The first-order valence-electron chi connectivity index (χ1n) is 11.8. The standard InChI is InChI=1S/C27H31N3O6S/c1-29(2)37(32,33)28-23-13-9-8-12-21(23)26-22-17-25(35-4)24(34-3)16-20(22)14-15-30(26)27(31)36-18-19-10-6-5-7-11-19/h5-13,16-17,26,28H,14-15,18H2,1-4H3/t26-/m1/s1. The highest BCUT2D eigenvalue weighted by Gasteiger charge is 2.36. The zero-order chi connectivity index (χ0) is 26.6. The molecule has 0 unspecified atom stereocenters. The van der Waals surface area contributed by atoms with Crippen LogP contribution in [0.15, 0.2) is 66.7 Å². The Morgan fingerprint density at radius 3 is 2.30 bits per heavy atom. The van der Waals surface area contributed by atoms with Crippen molar-refractivity contribution in [3.63, 3.8) is 0 Å². The van der Waals surface area contributed by atoms with Gasteiger partial charge in [0.1, 0.15) is 6.61 Å². The van der Waals surface area contributed by atoms with Gasteiger partial charge in [-0.2, -0.15) is 12.7 Å². The van der Waals surface area contributed by atoms with Gasteiger partial charge in [-0.05, 0) is 41.3 Å². The van der Waals surface area contributed by atoms with E-state index in [0.717, 1.165) is 21.0 Å². The molecule has 1 N–H and O–H groups in total. The van der Waals surface area contributed by atoms with Crippen LogP contribution in [0.5, 0.6) is 11.5 Å². The first kappa shape index (κ1) is 26.3. The second kappa shape index (κ2) is 11.1. The molecule has 3 aromatic rings. The number of anilines is 1. The molecule has 0 fully saturated rings. The van der Waals surface area contributed by atoms with E-state index in [1.165, 1.54) is 14.1 Å². The van der Waals surface area contributed by atoms with E-state index in [4.69, 9.17) is 14.2 Å². The molecule has 1 heterocycles. The number of hydrogen-bond acceptors (Lipinski definition) is 6. The summed E-state index contributed by atoms with van der Waals surface area (Å²) >= 11 is 0. The second-order valence-electron chi connectivity index (χ2n) is 8.77. The van der Waals surface area contributed by atoms with E-state index in [0.29, 0.717) is 35.7 Å². The van der Waals surface area contributed by atoms with E-state index in [2.05, 4.69) is 4.72 Å². The molecular weight excluding hydrogens is 494 g/mol. The first-order chi connectivity index (χ1) is 17.7. The summed E-state index contributed by atoms with van der Waals surface area (Å²) < 4.78 is 45.9. The van der Waals surface area contributed by atoms with Crippen molar-refractivity contribution in [3.05, 3.63) is 89.0 Å². The molecule has 0 bridgehead atoms. The maximum Gasteiger partial charge on any atom is 0.410 e. The monoisotopic (exact) mass is 525 g/mol. The van der Waals surface area contributed by atoms with Crippen molar-refractivity contribution in [1.82, 2.24) is 9.21 Å². The van der Waals surface area contributed by atoms with Crippen LogP contribution in [0.25, 0.3) is 0 Å². The quantitative estimate of drug-likeness (QED) is 0.473. The van der Waals surface area contributed by atoms with Gasteiger partial charge in [-0.25, -0.2) is 4.79 Å². The summed E-state index contributed by atoms with van der Waals surface area (Å²) in [5, 5.41) is 0. The number of para-hydroxylation sites is 1. The Hall–Kier alpha value is -3.76. The maximum absolute atomic E-state index is 13.4. The van der Waals surface area contributed by atoms with Crippen LogP contribution in [0, 0.1) is 0 Å². The molecule has 196 valence electrons. The van der Waals surface area contributed by atoms with E-state index in [1.807, 2.05) is 54.6 Å². The summed E-state index contributed by atoms with van der Waals surface area (Å²) in [6, 6.07) is 19.6. The highest BCUT2D eigenvalue weighted by atomic mass is 32.2. The van der Waals surface area contributed by atoms with Gasteiger partial charge in [0.2, 0.25) is 0 Å².